The topological polar surface area (TPSA) is 12.0 Å². The number of thiophene rings is 2. The van der Waals surface area contributed by atoms with E-state index in [0.717, 1.165) is 6.54 Å². The Morgan fingerprint density at radius 3 is 2.94 bits per heavy atom. The van der Waals surface area contributed by atoms with Gasteiger partial charge in [0.05, 0.1) is 0 Å². The van der Waals surface area contributed by atoms with Crippen LogP contribution in [0.4, 0.5) is 0 Å². The summed E-state index contributed by atoms with van der Waals surface area (Å²) in [5, 5.41) is 8.04. The Morgan fingerprint density at radius 2 is 2.28 bits per heavy atom. The number of thioether (sulfide) groups is 1. The van der Waals surface area contributed by atoms with Gasteiger partial charge in [-0.2, -0.15) is 11.8 Å². The van der Waals surface area contributed by atoms with Crippen molar-refractivity contribution in [3.8, 4) is 10.4 Å². The third-order valence-electron chi connectivity index (χ3n) is 2.89. The molecule has 1 unspecified atom stereocenters. The molecule has 0 aromatic carbocycles. The van der Waals surface area contributed by atoms with Gasteiger partial charge in [-0.1, -0.05) is 13.0 Å². The molecule has 0 saturated heterocycles. The Labute approximate surface area is 122 Å². The maximum atomic E-state index is 3.64. The van der Waals surface area contributed by atoms with Crippen LogP contribution in [0.25, 0.3) is 10.4 Å². The van der Waals surface area contributed by atoms with Crippen LogP contribution in [-0.4, -0.2) is 18.1 Å². The van der Waals surface area contributed by atoms with E-state index in [0.29, 0.717) is 6.04 Å². The van der Waals surface area contributed by atoms with Crippen LogP contribution < -0.4 is 5.32 Å². The van der Waals surface area contributed by atoms with Crippen LogP contribution in [0.15, 0.2) is 29.0 Å². The van der Waals surface area contributed by atoms with Crippen LogP contribution in [0.1, 0.15) is 18.2 Å². The van der Waals surface area contributed by atoms with Gasteiger partial charge in [0.1, 0.15) is 0 Å². The quantitative estimate of drug-likeness (QED) is 0.794. The summed E-state index contributed by atoms with van der Waals surface area (Å²) in [4.78, 5) is 2.80. The van der Waals surface area contributed by atoms with Gasteiger partial charge in [-0.05, 0) is 35.6 Å². The highest BCUT2D eigenvalue weighted by atomic mass is 32.2. The van der Waals surface area contributed by atoms with Gasteiger partial charge in [-0.3, -0.25) is 0 Å². The minimum Gasteiger partial charge on any atom is -0.308 e. The molecule has 0 aliphatic rings. The molecule has 0 amide bonds. The summed E-state index contributed by atoms with van der Waals surface area (Å²) in [7, 11) is 0. The van der Waals surface area contributed by atoms with E-state index in [4.69, 9.17) is 0 Å². The first-order valence-corrected chi connectivity index (χ1v) is 9.32. The molecule has 4 heteroatoms. The second kappa shape index (κ2) is 7.34. The van der Waals surface area contributed by atoms with Crippen LogP contribution in [0.2, 0.25) is 0 Å². The molecule has 98 valence electrons. The number of nitrogens with one attached hydrogen (secondary N) is 1. The summed E-state index contributed by atoms with van der Waals surface area (Å²) in [6.45, 7) is 3.24. The van der Waals surface area contributed by atoms with E-state index in [1.54, 1.807) is 0 Å². The zero-order valence-corrected chi connectivity index (χ0v) is 13.3. The predicted octanol–water partition coefficient (Wildman–Crippen LogP) is 4.71. The third kappa shape index (κ3) is 3.85. The molecule has 1 atom stereocenters. The second-order valence-corrected chi connectivity index (χ2v) is 7.07. The van der Waals surface area contributed by atoms with Gasteiger partial charge in [-0.25, -0.2) is 0 Å². The maximum Gasteiger partial charge on any atom is 0.0351 e. The molecule has 2 aromatic heterocycles. The van der Waals surface area contributed by atoms with Crippen LogP contribution >= 0.6 is 34.4 Å². The molecule has 0 aliphatic carbocycles. The fourth-order valence-corrected chi connectivity index (χ4v) is 4.19. The molecule has 0 saturated carbocycles. The zero-order valence-electron chi connectivity index (χ0n) is 10.8. The first-order valence-electron chi connectivity index (χ1n) is 6.17. The van der Waals surface area contributed by atoms with Gasteiger partial charge in [-0.15, -0.1) is 22.7 Å². The summed E-state index contributed by atoms with van der Waals surface area (Å²) in [6, 6.07) is 7.25. The van der Waals surface area contributed by atoms with E-state index >= 15 is 0 Å². The molecular weight excluding hydrogens is 278 g/mol. The van der Waals surface area contributed by atoms with Crippen molar-refractivity contribution in [1.29, 1.82) is 0 Å². The summed E-state index contributed by atoms with van der Waals surface area (Å²) in [5.41, 5.74) is 1.37. The molecule has 0 bridgehead atoms. The monoisotopic (exact) mass is 297 g/mol. The standard InChI is InChI=1S/C14H19NS3/c1-3-12(10-16-2)15-8-13-7-11(9-18-13)14-5-4-6-17-14/h4-7,9,12,15H,3,8,10H2,1-2H3. The molecule has 0 radical (unpaired) electrons. The third-order valence-corrected chi connectivity index (χ3v) is 5.48. The lowest BCUT2D eigenvalue weighted by atomic mass is 10.2. The van der Waals surface area contributed by atoms with Crippen molar-refractivity contribution in [2.24, 2.45) is 0 Å². The Bertz CT molecular complexity index is 447. The van der Waals surface area contributed by atoms with Crippen molar-refractivity contribution < 1.29 is 0 Å². The zero-order chi connectivity index (χ0) is 12.8. The van der Waals surface area contributed by atoms with Gasteiger partial charge in [0, 0.05) is 33.7 Å². The lowest BCUT2D eigenvalue weighted by Gasteiger charge is -2.14. The number of hydrogen-bond acceptors (Lipinski definition) is 4. The Hall–Kier alpha value is -0.290. The molecule has 0 aliphatic heterocycles. The number of rotatable bonds is 7. The van der Waals surface area contributed by atoms with Crippen molar-refractivity contribution in [3.63, 3.8) is 0 Å². The van der Waals surface area contributed by atoms with Crippen molar-refractivity contribution >= 4 is 34.4 Å². The molecular formula is C14H19NS3. The summed E-state index contributed by atoms with van der Waals surface area (Å²) in [6.07, 6.45) is 3.37. The van der Waals surface area contributed by atoms with Crippen LogP contribution in [-0.2, 0) is 6.54 Å². The maximum absolute atomic E-state index is 3.64. The second-order valence-electron chi connectivity index (χ2n) is 4.22. The van der Waals surface area contributed by atoms with Crippen molar-refractivity contribution in [3.05, 3.63) is 33.8 Å². The Balaban J connectivity index is 1.91. The summed E-state index contributed by atoms with van der Waals surface area (Å²) in [5.74, 6) is 1.19. The predicted molar refractivity (Wildman–Crippen MR) is 86.9 cm³/mol. The van der Waals surface area contributed by atoms with Gasteiger partial charge in [0.2, 0.25) is 0 Å². The largest absolute Gasteiger partial charge is 0.308 e. The Morgan fingerprint density at radius 1 is 1.39 bits per heavy atom. The van der Waals surface area contributed by atoms with E-state index in [-0.39, 0.29) is 0 Å². The first-order chi connectivity index (χ1) is 8.83. The minimum atomic E-state index is 0.632. The lowest BCUT2D eigenvalue weighted by molar-refractivity contribution is 0.544. The summed E-state index contributed by atoms with van der Waals surface area (Å²) >= 11 is 5.58. The normalized spacial score (nSPS) is 12.8. The van der Waals surface area contributed by atoms with Crippen molar-refractivity contribution in [2.75, 3.05) is 12.0 Å². The lowest BCUT2D eigenvalue weighted by Crippen LogP contribution is -2.29. The van der Waals surface area contributed by atoms with Gasteiger partial charge in [0.15, 0.2) is 0 Å². The van der Waals surface area contributed by atoms with Crippen LogP contribution in [0.3, 0.4) is 0 Å². The molecule has 0 spiro atoms. The molecule has 0 fully saturated rings. The van der Waals surface area contributed by atoms with Crippen LogP contribution in [0.5, 0.6) is 0 Å². The molecule has 1 N–H and O–H groups in total. The average molecular weight is 298 g/mol. The fraction of sp³-hybridized carbons (Fsp3) is 0.429. The van der Waals surface area contributed by atoms with E-state index in [9.17, 15) is 0 Å². The van der Waals surface area contributed by atoms with Crippen LogP contribution in [0, 0.1) is 0 Å². The molecule has 2 aromatic rings. The van der Waals surface area contributed by atoms with E-state index in [1.165, 1.54) is 27.5 Å². The fourth-order valence-electron chi connectivity index (χ4n) is 1.81. The van der Waals surface area contributed by atoms with Gasteiger partial charge >= 0.3 is 0 Å². The highest BCUT2D eigenvalue weighted by Gasteiger charge is 2.07. The number of hydrogen-bond donors (Lipinski definition) is 1. The first kappa shape index (κ1) is 14.1. The SMILES string of the molecule is CCC(CSC)NCc1cc(-c2cccs2)cs1. The molecule has 2 rings (SSSR count). The van der Waals surface area contributed by atoms with E-state index in [2.05, 4.69) is 47.5 Å². The molecule has 1 nitrogen and oxygen atoms in total. The van der Waals surface area contributed by atoms with Crippen molar-refractivity contribution in [1.82, 2.24) is 5.32 Å². The highest BCUT2D eigenvalue weighted by molar-refractivity contribution is 7.98. The molecule has 2 heterocycles. The Kier molecular flexibility index (Phi) is 5.76. The van der Waals surface area contributed by atoms with Gasteiger partial charge in [0.25, 0.3) is 0 Å². The smallest absolute Gasteiger partial charge is 0.0351 e. The van der Waals surface area contributed by atoms with Crippen molar-refractivity contribution in [2.45, 2.75) is 25.9 Å². The average Bonchev–Trinajstić information content (AvgIpc) is 3.04. The molecule has 18 heavy (non-hydrogen) atoms. The van der Waals surface area contributed by atoms with E-state index < -0.39 is 0 Å². The minimum absolute atomic E-state index is 0.632. The van der Waals surface area contributed by atoms with E-state index in [1.807, 2.05) is 34.4 Å². The highest BCUT2D eigenvalue weighted by Crippen LogP contribution is 2.29. The summed E-state index contributed by atoms with van der Waals surface area (Å²) < 4.78 is 0. The van der Waals surface area contributed by atoms with Gasteiger partial charge < -0.3 is 5.32 Å².